The van der Waals surface area contributed by atoms with Gasteiger partial charge in [-0.2, -0.15) is 0 Å². The summed E-state index contributed by atoms with van der Waals surface area (Å²) in [5, 5.41) is 7.21. The van der Waals surface area contributed by atoms with Crippen LogP contribution in [0.15, 0.2) is 186 Å². The summed E-state index contributed by atoms with van der Waals surface area (Å²) >= 11 is 0. The summed E-state index contributed by atoms with van der Waals surface area (Å²) in [7, 11) is 0. The average molecular weight is 701 g/mol. The van der Waals surface area contributed by atoms with E-state index >= 15 is 0 Å². The Balaban J connectivity index is 0.945. The average Bonchev–Trinajstić information content (AvgIpc) is 3.63. The lowest BCUT2D eigenvalue weighted by Gasteiger charge is -2.26. The lowest BCUT2D eigenvalue weighted by molar-refractivity contribution is 0.674. The molecule has 262 valence electrons. The molecule has 2 atom stereocenters. The van der Waals surface area contributed by atoms with Gasteiger partial charge in [-0.25, -0.2) is 9.98 Å². The van der Waals surface area contributed by atoms with Crippen molar-refractivity contribution >= 4 is 34.4 Å². The van der Waals surface area contributed by atoms with Crippen molar-refractivity contribution in [1.29, 1.82) is 0 Å². The van der Waals surface area contributed by atoms with E-state index in [1.807, 2.05) is 48.5 Å². The van der Waals surface area contributed by atoms with Crippen molar-refractivity contribution in [2.45, 2.75) is 25.7 Å². The second-order valence-corrected chi connectivity index (χ2v) is 13.7. The molecule has 2 unspecified atom stereocenters. The zero-order valence-corrected chi connectivity index (χ0v) is 30.0. The van der Waals surface area contributed by atoms with Gasteiger partial charge in [-0.1, -0.05) is 159 Å². The molecule has 6 nitrogen and oxygen atoms in total. The number of aliphatic imine (C=N–C) groups is 2. The zero-order chi connectivity index (χ0) is 36.4. The molecule has 0 bridgehead atoms. The fourth-order valence-electron chi connectivity index (χ4n) is 7.47. The number of nitrogen functional groups attached to an aromatic ring is 1. The summed E-state index contributed by atoms with van der Waals surface area (Å²) in [6.07, 6.45) is 0.955. The van der Waals surface area contributed by atoms with Gasteiger partial charge in [0.1, 0.15) is 18.2 Å². The Hall–Kier alpha value is -6.92. The number of hydrogen-bond donors (Lipinski definition) is 3. The van der Waals surface area contributed by atoms with Crippen LogP contribution in [0.1, 0.15) is 36.2 Å². The predicted molar refractivity (Wildman–Crippen MR) is 225 cm³/mol. The minimum atomic E-state index is -0.289. The molecule has 0 aliphatic carbocycles. The smallest absolute Gasteiger partial charge is 0.159 e. The topological polar surface area (TPSA) is 78.0 Å². The van der Waals surface area contributed by atoms with Crippen molar-refractivity contribution in [2.24, 2.45) is 9.98 Å². The maximum Gasteiger partial charge on any atom is 0.159 e. The molecule has 0 fully saturated rings. The Morgan fingerprint density at radius 3 is 1.74 bits per heavy atom. The van der Waals surface area contributed by atoms with Crippen LogP contribution in [0.5, 0.6) is 0 Å². The molecule has 7 aromatic carbocycles. The van der Waals surface area contributed by atoms with Gasteiger partial charge in [0, 0.05) is 33.6 Å². The van der Waals surface area contributed by atoms with E-state index in [9.17, 15) is 0 Å². The number of benzene rings is 7. The number of hydrogen-bond acceptors (Lipinski definition) is 6. The summed E-state index contributed by atoms with van der Waals surface area (Å²) in [5.74, 6) is 1.51. The van der Waals surface area contributed by atoms with E-state index in [1.165, 1.54) is 22.6 Å². The highest BCUT2D eigenvalue weighted by atomic mass is 15.3. The molecule has 6 heteroatoms. The van der Waals surface area contributed by atoms with Crippen LogP contribution in [0.3, 0.4) is 0 Å². The van der Waals surface area contributed by atoms with Crippen LogP contribution in [0, 0.1) is 0 Å². The third kappa shape index (κ3) is 6.28. The molecule has 0 saturated carbocycles. The highest BCUT2D eigenvalue weighted by Crippen LogP contribution is 2.41. The summed E-state index contributed by atoms with van der Waals surface area (Å²) < 4.78 is 0. The highest BCUT2D eigenvalue weighted by Gasteiger charge is 2.28. The SMILES string of the molecule is CCC1Nc2ccccc2N1c1ccc(-c2ccc(-c3cccc(-c4ccc(C5N=C(c6ccccc6)N=C(c6ccccc6)N5)cc4)c3N)cc2)cc1. The van der Waals surface area contributed by atoms with Crippen molar-refractivity contribution in [3.8, 4) is 33.4 Å². The minimum Gasteiger partial charge on any atom is -0.398 e. The van der Waals surface area contributed by atoms with Crippen LogP contribution in [0.2, 0.25) is 0 Å². The van der Waals surface area contributed by atoms with Crippen molar-refractivity contribution in [3.05, 3.63) is 193 Å². The van der Waals surface area contributed by atoms with Gasteiger partial charge in [0.25, 0.3) is 0 Å². The number of fused-ring (bicyclic) bond motifs is 1. The number of nitrogens with two attached hydrogens (primary N) is 1. The standard InChI is InChI=1S/C48H40N6/c1-2-44-50-42-18-9-10-19-43(42)54(44)39-30-28-33(29-31-39)32-20-22-34(23-21-32)40-16-11-17-41(45(40)49)35-24-26-38(27-25-35)48-52-46(36-12-5-3-6-13-36)51-47(53-48)37-14-7-4-8-15-37/h3-31,44,48,50H,2,49H2,1H3,(H,51,52,53). The molecule has 9 rings (SSSR count). The third-order valence-electron chi connectivity index (χ3n) is 10.3. The summed E-state index contributed by atoms with van der Waals surface area (Å²) in [6.45, 7) is 2.22. The molecule has 0 amide bonds. The first-order chi connectivity index (χ1) is 26.6. The van der Waals surface area contributed by atoms with Gasteiger partial charge in [-0.15, -0.1) is 0 Å². The van der Waals surface area contributed by atoms with E-state index < -0.39 is 0 Å². The molecular weight excluding hydrogens is 661 g/mol. The molecule has 0 saturated heterocycles. The fourth-order valence-corrected chi connectivity index (χ4v) is 7.47. The van der Waals surface area contributed by atoms with Crippen LogP contribution in [-0.2, 0) is 0 Å². The zero-order valence-electron chi connectivity index (χ0n) is 30.0. The second-order valence-electron chi connectivity index (χ2n) is 13.7. The largest absolute Gasteiger partial charge is 0.398 e. The normalized spacial score (nSPS) is 16.1. The van der Waals surface area contributed by atoms with Crippen molar-refractivity contribution < 1.29 is 0 Å². The Labute approximate surface area is 316 Å². The van der Waals surface area contributed by atoms with Crippen LogP contribution < -0.4 is 21.3 Å². The molecule has 0 radical (unpaired) electrons. The molecule has 7 aromatic rings. The number of nitrogens with zero attached hydrogens (tertiary/aromatic N) is 3. The number of para-hydroxylation sites is 3. The summed E-state index contributed by atoms with van der Waals surface area (Å²) in [6, 6.07) is 61.2. The Morgan fingerprint density at radius 1 is 0.537 bits per heavy atom. The van der Waals surface area contributed by atoms with Gasteiger partial charge < -0.3 is 21.3 Å². The molecule has 2 aliphatic heterocycles. The van der Waals surface area contributed by atoms with Gasteiger partial charge in [-0.3, -0.25) is 0 Å². The molecule has 54 heavy (non-hydrogen) atoms. The maximum atomic E-state index is 6.92. The lowest BCUT2D eigenvalue weighted by Crippen LogP contribution is -2.33. The maximum absolute atomic E-state index is 6.92. The molecule has 0 aromatic heterocycles. The second kappa shape index (κ2) is 14.2. The first kappa shape index (κ1) is 33.0. The van der Waals surface area contributed by atoms with E-state index in [1.54, 1.807) is 0 Å². The van der Waals surface area contributed by atoms with Gasteiger partial charge in [0.05, 0.1) is 11.4 Å². The number of rotatable bonds is 8. The van der Waals surface area contributed by atoms with Gasteiger partial charge in [0.15, 0.2) is 5.84 Å². The highest BCUT2D eigenvalue weighted by molar-refractivity contribution is 6.13. The van der Waals surface area contributed by atoms with Crippen LogP contribution >= 0.6 is 0 Å². The quantitative estimate of drug-likeness (QED) is 0.138. The van der Waals surface area contributed by atoms with E-state index in [-0.39, 0.29) is 12.3 Å². The van der Waals surface area contributed by atoms with E-state index in [0.29, 0.717) is 5.84 Å². The fraction of sp³-hybridized carbons (Fsp3) is 0.0833. The third-order valence-corrected chi connectivity index (χ3v) is 10.3. The summed E-state index contributed by atoms with van der Waals surface area (Å²) in [5.41, 5.74) is 20.8. The van der Waals surface area contributed by atoms with Gasteiger partial charge in [-0.05, 0) is 58.5 Å². The van der Waals surface area contributed by atoms with Crippen LogP contribution in [0.25, 0.3) is 33.4 Å². The van der Waals surface area contributed by atoms with Crippen LogP contribution in [-0.4, -0.2) is 17.8 Å². The molecule has 4 N–H and O–H groups in total. The number of anilines is 4. The van der Waals surface area contributed by atoms with Crippen molar-refractivity contribution in [2.75, 3.05) is 16.0 Å². The van der Waals surface area contributed by atoms with E-state index in [0.717, 1.165) is 62.5 Å². The minimum absolute atomic E-state index is 0.242. The van der Waals surface area contributed by atoms with E-state index in [2.05, 4.69) is 150 Å². The number of amidine groups is 2. The van der Waals surface area contributed by atoms with Gasteiger partial charge in [0.2, 0.25) is 0 Å². The molecular formula is C48H40N6. The monoisotopic (exact) mass is 700 g/mol. The summed E-state index contributed by atoms with van der Waals surface area (Å²) in [4.78, 5) is 12.3. The van der Waals surface area contributed by atoms with Gasteiger partial charge >= 0.3 is 0 Å². The Kier molecular flexibility index (Phi) is 8.69. The predicted octanol–water partition coefficient (Wildman–Crippen LogP) is 11.1. The molecule has 0 spiro atoms. The first-order valence-corrected chi connectivity index (χ1v) is 18.5. The number of nitrogens with one attached hydrogen (secondary N) is 2. The first-order valence-electron chi connectivity index (χ1n) is 18.5. The molecule has 2 heterocycles. The van der Waals surface area contributed by atoms with Crippen molar-refractivity contribution in [1.82, 2.24) is 5.32 Å². The Morgan fingerprint density at radius 2 is 1.09 bits per heavy atom. The van der Waals surface area contributed by atoms with E-state index in [4.69, 9.17) is 15.7 Å². The lowest BCUT2D eigenvalue weighted by atomic mass is 9.94. The molecule has 2 aliphatic rings. The van der Waals surface area contributed by atoms with Crippen molar-refractivity contribution in [3.63, 3.8) is 0 Å². The Bertz CT molecular complexity index is 2470. The van der Waals surface area contributed by atoms with Crippen LogP contribution in [0.4, 0.5) is 22.7 Å².